The van der Waals surface area contributed by atoms with Crippen LogP contribution in [-0.2, 0) is 6.42 Å². The number of rotatable bonds is 4. The number of Topliss-reactive ketones (excluding diaryl/α,β-unsaturated/α-hetero) is 1. The van der Waals surface area contributed by atoms with E-state index in [2.05, 4.69) is 0 Å². The SMILES string of the molecule is COc1c(C(=O)Cc2ccc(F)cc2F)ccc(C)c1C. The molecule has 4 heteroatoms. The first kappa shape index (κ1) is 15.2. The molecule has 2 aromatic rings. The van der Waals surface area contributed by atoms with Crippen molar-refractivity contribution in [2.75, 3.05) is 7.11 Å². The molecule has 0 saturated heterocycles. The van der Waals surface area contributed by atoms with Crippen LogP contribution in [-0.4, -0.2) is 12.9 Å². The van der Waals surface area contributed by atoms with Crippen LogP contribution in [0.3, 0.4) is 0 Å². The quantitative estimate of drug-likeness (QED) is 0.795. The first-order valence-corrected chi connectivity index (χ1v) is 6.55. The minimum Gasteiger partial charge on any atom is -0.496 e. The first-order valence-electron chi connectivity index (χ1n) is 6.55. The standard InChI is InChI=1S/C17H16F2O2/c1-10-4-7-14(17(21-3)11(10)2)16(20)8-12-5-6-13(18)9-15(12)19/h4-7,9H,8H2,1-3H3. The van der Waals surface area contributed by atoms with Crippen molar-refractivity contribution in [2.45, 2.75) is 20.3 Å². The fourth-order valence-electron chi connectivity index (χ4n) is 2.21. The highest BCUT2D eigenvalue weighted by Crippen LogP contribution is 2.27. The van der Waals surface area contributed by atoms with Crippen LogP contribution >= 0.6 is 0 Å². The van der Waals surface area contributed by atoms with E-state index >= 15 is 0 Å². The van der Waals surface area contributed by atoms with Crippen molar-refractivity contribution in [3.8, 4) is 5.75 Å². The van der Waals surface area contributed by atoms with Gasteiger partial charge in [0.25, 0.3) is 0 Å². The maximum Gasteiger partial charge on any atom is 0.171 e. The number of aryl methyl sites for hydroxylation is 1. The average molecular weight is 290 g/mol. The molecule has 0 aliphatic carbocycles. The van der Waals surface area contributed by atoms with Crippen LogP contribution in [0.1, 0.15) is 27.0 Å². The lowest BCUT2D eigenvalue weighted by molar-refractivity contribution is 0.0988. The van der Waals surface area contributed by atoms with E-state index in [0.29, 0.717) is 11.3 Å². The third-order valence-corrected chi connectivity index (χ3v) is 3.55. The Morgan fingerprint density at radius 3 is 2.48 bits per heavy atom. The molecule has 0 aromatic heterocycles. The summed E-state index contributed by atoms with van der Waals surface area (Å²) >= 11 is 0. The molecule has 0 N–H and O–H groups in total. The Kier molecular flexibility index (Phi) is 4.36. The molecule has 0 aliphatic heterocycles. The van der Waals surface area contributed by atoms with Crippen molar-refractivity contribution >= 4 is 5.78 Å². The highest BCUT2D eigenvalue weighted by atomic mass is 19.1. The molecule has 0 fully saturated rings. The summed E-state index contributed by atoms with van der Waals surface area (Å²) in [6.45, 7) is 3.79. The minimum absolute atomic E-state index is 0.134. The summed E-state index contributed by atoms with van der Waals surface area (Å²) in [5, 5.41) is 0. The molecular formula is C17H16F2O2. The van der Waals surface area contributed by atoms with Gasteiger partial charge in [-0.3, -0.25) is 4.79 Å². The number of carbonyl (C=O) groups excluding carboxylic acids is 1. The van der Waals surface area contributed by atoms with Crippen LogP contribution in [0.25, 0.3) is 0 Å². The van der Waals surface area contributed by atoms with Crippen LogP contribution in [0, 0.1) is 25.5 Å². The number of halogens is 2. The number of hydrogen-bond donors (Lipinski definition) is 0. The summed E-state index contributed by atoms with van der Waals surface area (Å²) in [6.07, 6.45) is -0.134. The summed E-state index contributed by atoms with van der Waals surface area (Å²) < 4.78 is 31.8. The van der Waals surface area contributed by atoms with Gasteiger partial charge < -0.3 is 4.74 Å². The topological polar surface area (TPSA) is 26.3 Å². The predicted octanol–water partition coefficient (Wildman–Crippen LogP) is 4.02. The number of hydrogen-bond acceptors (Lipinski definition) is 2. The van der Waals surface area contributed by atoms with Gasteiger partial charge in [-0.15, -0.1) is 0 Å². The van der Waals surface area contributed by atoms with E-state index in [1.54, 1.807) is 6.07 Å². The van der Waals surface area contributed by atoms with Crippen LogP contribution < -0.4 is 4.74 Å². The van der Waals surface area contributed by atoms with Gasteiger partial charge in [-0.2, -0.15) is 0 Å². The van der Waals surface area contributed by atoms with Crippen molar-refractivity contribution in [3.63, 3.8) is 0 Å². The van der Waals surface area contributed by atoms with E-state index < -0.39 is 11.6 Å². The van der Waals surface area contributed by atoms with Crippen LogP contribution in [0.4, 0.5) is 8.78 Å². The highest BCUT2D eigenvalue weighted by molar-refractivity contribution is 6.00. The number of ketones is 1. The molecule has 0 heterocycles. The largest absolute Gasteiger partial charge is 0.496 e. The molecule has 2 rings (SSSR count). The molecule has 2 aromatic carbocycles. The molecule has 0 unspecified atom stereocenters. The van der Waals surface area contributed by atoms with E-state index in [1.165, 1.54) is 13.2 Å². The molecule has 21 heavy (non-hydrogen) atoms. The summed E-state index contributed by atoms with van der Waals surface area (Å²) in [4.78, 5) is 12.4. The fourth-order valence-corrected chi connectivity index (χ4v) is 2.21. The van der Waals surface area contributed by atoms with Gasteiger partial charge in [-0.05, 0) is 42.7 Å². The zero-order valence-electron chi connectivity index (χ0n) is 12.2. The molecule has 110 valence electrons. The molecule has 0 saturated carbocycles. The van der Waals surface area contributed by atoms with Crippen molar-refractivity contribution in [3.05, 3.63) is 64.2 Å². The molecule has 0 bridgehead atoms. The van der Waals surface area contributed by atoms with Gasteiger partial charge in [0.1, 0.15) is 17.4 Å². The molecule has 0 spiro atoms. The van der Waals surface area contributed by atoms with Gasteiger partial charge >= 0.3 is 0 Å². The molecule has 0 radical (unpaired) electrons. The van der Waals surface area contributed by atoms with E-state index in [1.807, 2.05) is 19.9 Å². The average Bonchev–Trinajstić information content (AvgIpc) is 2.44. The van der Waals surface area contributed by atoms with Crippen molar-refractivity contribution in [2.24, 2.45) is 0 Å². The van der Waals surface area contributed by atoms with Crippen LogP contribution in [0.5, 0.6) is 5.75 Å². The Hall–Kier alpha value is -2.23. The van der Waals surface area contributed by atoms with Gasteiger partial charge in [-0.25, -0.2) is 8.78 Å². The predicted molar refractivity (Wildman–Crippen MR) is 76.9 cm³/mol. The normalized spacial score (nSPS) is 10.5. The van der Waals surface area contributed by atoms with Crippen LogP contribution in [0.2, 0.25) is 0 Å². The molecular weight excluding hydrogens is 274 g/mol. The second-order valence-corrected chi connectivity index (χ2v) is 4.92. The third kappa shape index (κ3) is 3.10. The maximum absolute atomic E-state index is 13.6. The first-order chi connectivity index (χ1) is 9.93. The summed E-state index contributed by atoms with van der Waals surface area (Å²) in [5.41, 5.74) is 2.46. The maximum atomic E-state index is 13.6. The zero-order chi connectivity index (χ0) is 15.6. The minimum atomic E-state index is -0.717. The van der Waals surface area contributed by atoms with Crippen LogP contribution in [0.15, 0.2) is 30.3 Å². The van der Waals surface area contributed by atoms with Crippen molar-refractivity contribution < 1.29 is 18.3 Å². The fraction of sp³-hybridized carbons (Fsp3) is 0.235. The van der Waals surface area contributed by atoms with E-state index in [0.717, 1.165) is 23.3 Å². The third-order valence-electron chi connectivity index (χ3n) is 3.55. The Balaban J connectivity index is 2.35. The Morgan fingerprint density at radius 1 is 1.14 bits per heavy atom. The zero-order valence-corrected chi connectivity index (χ0v) is 12.2. The van der Waals surface area contributed by atoms with Gasteiger partial charge in [0.05, 0.1) is 12.7 Å². The summed E-state index contributed by atoms with van der Waals surface area (Å²) in [7, 11) is 1.50. The summed E-state index contributed by atoms with van der Waals surface area (Å²) in [5.74, 6) is -1.14. The lowest BCUT2D eigenvalue weighted by Gasteiger charge is -2.13. The van der Waals surface area contributed by atoms with Gasteiger partial charge in [0.15, 0.2) is 5.78 Å². The van der Waals surface area contributed by atoms with Crippen molar-refractivity contribution in [1.29, 1.82) is 0 Å². The molecule has 0 atom stereocenters. The monoisotopic (exact) mass is 290 g/mol. The Morgan fingerprint density at radius 2 is 1.86 bits per heavy atom. The highest BCUT2D eigenvalue weighted by Gasteiger charge is 2.17. The number of carbonyl (C=O) groups is 1. The molecule has 2 nitrogen and oxygen atoms in total. The van der Waals surface area contributed by atoms with Gasteiger partial charge in [-0.1, -0.05) is 12.1 Å². The van der Waals surface area contributed by atoms with Gasteiger partial charge in [0.2, 0.25) is 0 Å². The summed E-state index contributed by atoms with van der Waals surface area (Å²) in [6, 6.07) is 6.71. The number of ether oxygens (including phenoxy) is 1. The number of methoxy groups -OCH3 is 1. The van der Waals surface area contributed by atoms with E-state index in [4.69, 9.17) is 4.74 Å². The van der Waals surface area contributed by atoms with E-state index in [-0.39, 0.29) is 17.8 Å². The van der Waals surface area contributed by atoms with Gasteiger partial charge in [0, 0.05) is 12.5 Å². The second-order valence-electron chi connectivity index (χ2n) is 4.92. The smallest absolute Gasteiger partial charge is 0.171 e. The second kappa shape index (κ2) is 6.04. The lowest BCUT2D eigenvalue weighted by Crippen LogP contribution is -2.08. The van der Waals surface area contributed by atoms with E-state index in [9.17, 15) is 13.6 Å². The van der Waals surface area contributed by atoms with Crippen molar-refractivity contribution in [1.82, 2.24) is 0 Å². The molecule has 0 aliphatic rings. The lowest BCUT2D eigenvalue weighted by atomic mass is 9.97. The number of benzene rings is 2. The Labute approximate surface area is 122 Å². The Bertz CT molecular complexity index is 693. The molecule has 0 amide bonds.